The van der Waals surface area contributed by atoms with Crippen molar-refractivity contribution < 1.29 is 14.3 Å². The fourth-order valence-corrected chi connectivity index (χ4v) is 3.60. The lowest BCUT2D eigenvalue weighted by atomic mass is 10.0. The predicted octanol–water partition coefficient (Wildman–Crippen LogP) is 5.44. The van der Waals surface area contributed by atoms with E-state index in [1.165, 1.54) is 4.90 Å². The van der Waals surface area contributed by atoms with Crippen LogP contribution in [0.2, 0.25) is 5.02 Å². The van der Waals surface area contributed by atoms with Crippen LogP contribution in [0.1, 0.15) is 18.1 Å². The van der Waals surface area contributed by atoms with Crippen LogP contribution in [0.5, 0.6) is 5.75 Å². The molecule has 0 saturated carbocycles. The summed E-state index contributed by atoms with van der Waals surface area (Å²) in [6.45, 7) is 4.40. The number of nitrogens with zero attached hydrogens (tertiary/aromatic N) is 1. The summed E-state index contributed by atoms with van der Waals surface area (Å²) in [5.41, 5.74) is 3.31. The van der Waals surface area contributed by atoms with E-state index in [4.69, 9.17) is 16.3 Å². The lowest BCUT2D eigenvalue weighted by Gasteiger charge is -2.16. The van der Waals surface area contributed by atoms with Gasteiger partial charge in [0, 0.05) is 10.7 Å². The second kappa shape index (κ2) is 8.66. The minimum Gasteiger partial charge on any atom is -0.494 e. The summed E-state index contributed by atoms with van der Waals surface area (Å²) in [7, 11) is 0. The Morgan fingerprint density at radius 3 is 2.29 bits per heavy atom. The largest absolute Gasteiger partial charge is 0.494 e. The van der Waals surface area contributed by atoms with Crippen LogP contribution in [0.25, 0.3) is 5.57 Å². The summed E-state index contributed by atoms with van der Waals surface area (Å²) in [4.78, 5) is 28.0. The Morgan fingerprint density at radius 2 is 1.65 bits per heavy atom. The van der Waals surface area contributed by atoms with Gasteiger partial charge in [0.25, 0.3) is 11.8 Å². The summed E-state index contributed by atoms with van der Waals surface area (Å²) in [5, 5.41) is 3.70. The van der Waals surface area contributed by atoms with Gasteiger partial charge in [-0.05, 0) is 73.5 Å². The molecule has 1 aliphatic rings. The van der Waals surface area contributed by atoms with Crippen LogP contribution in [0.4, 0.5) is 11.4 Å². The van der Waals surface area contributed by atoms with E-state index in [0.29, 0.717) is 34.1 Å². The van der Waals surface area contributed by atoms with Gasteiger partial charge in [0.05, 0.1) is 17.9 Å². The van der Waals surface area contributed by atoms with E-state index in [1.807, 2.05) is 56.3 Å². The van der Waals surface area contributed by atoms with E-state index >= 15 is 0 Å². The van der Waals surface area contributed by atoms with Gasteiger partial charge in [0.1, 0.15) is 11.4 Å². The number of rotatable bonds is 6. The van der Waals surface area contributed by atoms with Crippen LogP contribution in [-0.4, -0.2) is 18.4 Å². The second-order valence-electron chi connectivity index (χ2n) is 7.12. The van der Waals surface area contributed by atoms with Crippen molar-refractivity contribution in [2.45, 2.75) is 13.8 Å². The first-order valence-corrected chi connectivity index (χ1v) is 10.3. The third-order valence-corrected chi connectivity index (χ3v) is 5.16. The van der Waals surface area contributed by atoms with E-state index < -0.39 is 5.91 Å². The maximum atomic E-state index is 13.4. The first-order chi connectivity index (χ1) is 15.0. The summed E-state index contributed by atoms with van der Waals surface area (Å²) in [5.74, 6) is -0.0593. The summed E-state index contributed by atoms with van der Waals surface area (Å²) in [6.07, 6.45) is 0. The highest BCUT2D eigenvalue weighted by atomic mass is 35.5. The molecule has 31 heavy (non-hydrogen) atoms. The molecular weight excluding hydrogens is 412 g/mol. The van der Waals surface area contributed by atoms with Crippen molar-refractivity contribution in [1.29, 1.82) is 0 Å². The minimum atomic E-state index is -0.408. The van der Waals surface area contributed by atoms with Gasteiger partial charge in [-0.25, -0.2) is 4.90 Å². The van der Waals surface area contributed by atoms with Crippen LogP contribution in [-0.2, 0) is 9.59 Å². The number of ether oxygens (including phenoxy) is 1. The van der Waals surface area contributed by atoms with Gasteiger partial charge in [-0.2, -0.15) is 0 Å². The molecular formula is C25H21ClN2O3. The Hall–Kier alpha value is -3.57. The van der Waals surface area contributed by atoms with Gasteiger partial charge < -0.3 is 10.1 Å². The highest BCUT2D eigenvalue weighted by Crippen LogP contribution is 2.34. The molecule has 3 aromatic rings. The number of amides is 2. The molecule has 156 valence electrons. The van der Waals surface area contributed by atoms with Gasteiger partial charge >= 0.3 is 0 Å². The summed E-state index contributed by atoms with van der Waals surface area (Å²) in [6, 6.07) is 21.4. The number of hydrogen-bond donors (Lipinski definition) is 1. The van der Waals surface area contributed by atoms with Gasteiger partial charge in [-0.15, -0.1) is 0 Å². The van der Waals surface area contributed by atoms with E-state index in [9.17, 15) is 9.59 Å². The number of imide groups is 1. The Morgan fingerprint density at radius 1 is 0.935 bits per heavy atom. The Labute approximate surface area is 185 Å². The average Bonchev–Trinajstić information content (AvgIpc) is 3.00. The zero-order valence-corrected chi connectivity index (χ0v) is 17.9. The summed E-state index contributed by atoms with van der Waals surface area (Å²) >= 11 is 6.03. The van der Waals surface area contributed by atoms with Gasteiger partial charge in [-0.3, -0.25) is 9.59 Å². The van der Waals surface area contributed by atoms with Crippen LogP contribution in [0, 0.1) is 6.92 Å². The molecule has 0 atom stereocenters. The molecule has 1 heterocycles. The molecule has 1 aliphatic heterocycles. The quantitative estimate of drug-likeness (QED) is 0.526. The van der Waals surface area contributed by atoms with Crippen LogP contribution in [0.3, 0.4) is 0 Å². The Bertz CT molecular complexity index is 1170. The van der Waals surface area contributed by atoms with Crippen molar-refractivity contribution in [2.24, 2.45) is 0 Å². The highest BCUT2D eigenvalue weighted by molar-refractivity contribution is 6.46. The molecule has 0 aliphatic carbocycles. The number of aryl methyl sites for hydroxylation is 1. The molecule has 0 fully saturated rings. The maximum absolute atomic E-state index is 13.4. The van der Waals surface area contributed by atoms with E-state index in [1.54, 1.807) is 30.3 Å². The molecule has 2 amide bonds. The molecule has 0 unspecified atom stereocenters. The smallest absolute Gasteiger partial charge is 0.282 e. The molecule has 0 radical (unpaired) electrons. The van der Waals surface area contributed by atoms with E-state index in [2.05, 4.69) is 5.32 Å². The van der Waals surface area contributed by atoms with Crippen LogP contribution in [0.15, 0.2) is 78.5 Å². The number of nitrogens with one attached hydrogen (secondary N) is 1. The fourth-order valence-electron chi connectivity index (χ4n) is 3.48. The molecule has 1 N–H and O–H groups in total. The van der Waals surface area contributed by atoms with Crippen molar-refractivity contribution in [3.05, 3.63) is 94.6 Å². The molecule has 0 saturated heterocycles. The number of benzene rings is 3. The molecule has 5 nitrogen and oxygen atoms in total. The number of carbonyl (C=O) groups excluding carboxylic acids is 2. The Kier molecular flexibility index (Phi) is 5.78. The van der Waals surface area contributed by atoms with Crippen LogP contribution < -0.4 is 15.0 Å². The van der Waals surface area contributed by atoms with Crippen molar-refractivity contribution in [2.75, 3.05) is 16.8 Å². The number of halogens is 1. The van der Waals surface area contributed by atoms with E-state index in [0.717, 1.165) is 11.3 Å². The first kappa shape index (κ1) is 20.7. The van der Waals surface area contributed by atoms with E-state index in [-0.39, 0.29) is 11.6 Å². The molecule has 4 rings (SSSR count). The third kappa shape index (κ3) is 4.18. The van der Waals surface area contributed by atoms with Crippen molar-refractivity contribution >= 4 is 40.4 Å². The average molecular weight is 433 g/mol. The molecule has 0 bridgehead atoms. The highest BCUT2D eigenvalue weighted by Gasteiger charge is 2.40. The second-order valence-corrected chi connectivity index (χ2v) is 7.56. The fraction of sp³-hybridized carbons (Fsp3) is 0.120. The first-order valence-electron chi connectivity index (χ1n) is 9.93. The standard InChI is InChI=1S/C25H21ClN2O3/c1-3-31-21-13-11-19(12-14-21)27-23-22(17-7-9-18(26)10-8-17)24(29)28(25(23)30)20-6-4-5-16(2)15-20/h4-15,27H,3H2,1-2H3. The van der Waals surface area contributed by atoms with Gasteiger partial charge in [0.2, 0.25) is 0 Å². The zero-order valence-electron chi connectivity index (χ0n) is 17.2. The number of anilines is 2. The number of carbonyl (C=O) groups is 2. The third-order valence-electron chi connectivity index (χ3n) is 4.91. The molecule has 0 spiro atoms. The topological polar surface area (TPSA) is 58.6 Å². The molecule has 3 aromatic carbocycles. The molecule has 0 aromatic heterocycles. The van der Waals surface area contributed by atoms with Crippen LogP contribution >= 0.6 is 11.6 Å². The van der Waals surface area contributed by atoms with Crippen molar-refractivity contribution in [3.63, 3.8) is 0 Å². The lowest BCUT2D eigenvalue weighted by Crippen LogP contribution is -2.32. The van der Waals surface area contributed by atoms with Gasteiger partial charge in [-0.1, -0.05) is 35.9 Å². The minimum absolute atomic E-state index is 0.220. The predicted molar refractivity (Wildman–Crippen MR) is 123 cm³/mol. The summed E-state index contributed by atoms with van der Waals surface area (Å²) < 4.78 is 5.48. The number of hydrogen-bond acceptors (Lipinski definition) is 4. The van der Waals surface area contributed by atoms with Gasteiger partial charge in [0.15, 0.2) is 0 Å². The lowest BCUT2D eigenvalue weighted by molar-refractivity contribution is -0.120. The zero-order chi connectivity index (χ0) is 22.0. The normalized spacial score (nSPS) is 13.7. The van der Waals surface area contributed by atoms with Crippen molar-refractivity contribution in [3.8, 4) is 5.75 Å². The maximum Gasteiger partial charge on any atom is 0.282 e. The molecule has 6 heteroatoms. The monoisotopic (exact) mass is 432 g/mol. The SMILES string of the molecule is CCOc1ccc(NC2=C(c3ccc(Cl)cc3)C(=O)N(c3cccc(C)c3)C2=O)cc1. The Balaban J connectivity index is 1.76. The van der Waals surface area contributed by atoms with Crippen molar-refractivity contribution in [1.82, 2.24) is 0 Å².